The highest BCUT2D eigenvalue weighted by Gasteiger charge is 2.20. The normalized spacial score (nSPS) is 11.2. The second-order valence-corrected chi connectivity index (χ2v) is 12.6. The Labute approximate surface area is 296 Å². The highest BCUT2D eigenvalue weighted by molar-refractivity contribution is 6.04. The Morgan fingerprint density at radius 2 is 0.804 bits per heavy atom. The molecule has 4 heteroatoms. The topological polar surface area (TPSA) is 58.9 Å². The molecular weight excluding hydrogens is 623 g/mol. The zero-order valence-corrected chi connectivity index (χ0v) is 27.6. The number of hydrogen-bond acceptors (Lipinski definition) is 4. The van der Waals surface area contributed by atoms with Crippen molar-refractivity contribution in [3.8, 4) is 73.3 Å². The molecule has 0 saturated heterocycles. The van der Waals surface area contributed by atoms with Crippen LogP contribution in [0.3, 0.4) is 0 Å². The summed E-state index contributed by atoms with van der Waals surface area (Å²) in [5, 5.41) is 16.0. The number of nitrogens with zero attached hydrogens (tertiary/aromatic N) is 3. The molecule has 0 atom stereocenters. The van der Waals surface area contributed by atoms with Gasteiger partial charge in [0.2, 0.25) is 0 Å². The third-order valence-electron chi connectivity index (χ3n) is 9.45. The van der Waals surface area contributed by atoms with Gasteiger partial charge >= 0.3 is 0 Å². The summed E-state index contributed by atoms with van der Waals surface area (Å²) in [7, 11) is 0. The van der Waals surface area contributed by atoms with Gasteiger partial charge in [-0.05, 0) is 67.6 Å². The van der Waals surface area contributed by atoms with Crippen LogP contribution in [0.5, 0.6) is 5.75 Å². The van der Waals surface area contributed by atoms with E-state index in [1.54, 1.807) is 6.07 Å². The van der Waals surface area contributed by atoms with Crippen molar-refractivity contribution in [1.29, 1.82) is 0 Å². The van der Waals surface area contributed by atoms with Gasteiger partial charge in [0.1, 0.15) is 5.75 Å². The fourth-order valence-corrected chi connectivity index (χ4v) is 7.05. The first-order chi connectivity index (χ1) is 25.2. The Bertz CT molecular complexity index is 2700. The Hall–Kier alpha value is -6.91. The van der Waals surface area contributed by atoms with Gasteiger partial charge in [-0.25, -0.2) is 15.0 Å². The van der Waals surface area contributed by atoms with Gasteiger partial charge in [0.05, 0.1) is 0 Å². The highest BCUT2D eigenvalue weighted by atomic mass is 16.3. The van der Waals surface area contributed by atoms with E-state index in [1.165, 1.54) is 10.8 Å². The first kappa shape index (κ1) is 30.2. The van der Waals surface area contributed by atoms with Gasteiger partial charge in [0.25, 0.3) is 0 Å². The molecule has 1 aromatic heterocycles. The molecule has 0 aliphatic carbocycles. The van der Waals surface area contributed by atoms with Crippen LogP contribution in [0.4, 0.5) is 0 Å². The molecule has 0 bridgehead atoms. The summed E-state index contributed by atoms with van der Waals surface area (Å²) in [6.07, 6.45) is 0. The predicted molar refractivity (Wildman–Crippen MR) is 209 cm³/mol. The average molecular weight is 654 g/mol. The summed E-state index contributed by atoms with van der Waals surface area (Å²) in [5.74, 6) is 1.76. The molecule has 51 heavy (non-hydrogen) atoms. The third kappa shape index (κ3) is 5.59. The maximum absolute atomic E-state index is 11.5. The van der Waals surface area contributed by atoms with Crippen LogP contribution in [0.25, 0.3) is 89.1 Å². The zero-order valence-electron chi connectivity index (χ0n) is 27.6. The van der Waals surface area contributed by atoms with Crippen molar-refractivity contribution < 1.29 is 5.11 Å². The molecule has 240 valence electrons. The fourth-order valence-electron chi connectivity index (χ4n) is 7.05. The number of benzene rings is 8. The summed E-state index contributed by atoms with van der Waals surface area (Å²) in [6.45, 7) is 0. The molecule has 4 nitrogen and oxygen atoms in total. The number of phenolic OH excluding ortho intramolecular Hbond substituents is 1. The maximum atomic E-state index is 11.5. The molecule has 0 amide bonds. The number of rotatable bonds is 6. The van der Waals surface area contributed by atoms with Crippen molar-refractivity contribution in [1.82, 2.24) is 15.0 Å². The summed E-state index contributed by atoms with van der Waals surface area (Å²) in [6, 6.07) is 61.7. The van der Waals surface area contributed by atoms with E-state index in [0.717, 1.165) is 55.3 Å². The lowest BCUT2D eigenvalue weighted by Crippen LogP contribution is -2.02. The Morgan fingerprint density at radius 1 is 0.314 bits per heavy atom. The third-order valence-corrected chi connectivity index (χ3v) is 9.45. The second kappa shape index (κ2) is 12.8. The SMILES string of the molecule is Oc1cccc(-c2nc(-c3ccccc3)nc(-c3ccc(-c4ccccc4)c4ccccc34)n2)c1-c1cccc(-c2cccc3ccccc23)c1. The minimum absolute atomic E-state index is 0.156. The van der Waals surface area contributed by atoms with Crippen LogP contribution in [0.15, 0.2) is 182 Å². The van der Waals surface area contributed by atoms with Crippen LogP contribution in [0, 0.1) is 0 Å². The quantitative estimate of drug-likeness (QED) is 0.194. The summed E-state index contributed by atoms with van der Waals surface area (Å²) >= 11 is 0. The van der Waals surface area contributed by atoms with E-state index in [0.29, 0.717) is 23.0 Å². The monoisotopic (exact) mass is 653 g/mol. The predicted octanol–water partition coefficient (Wildman–Crippen LogP) is 11.9. The van der Waals surface area contributed by atoms with E-state index in [9.17, 15) is 5.11 Å². The van der Waals surface area contributed by atoms with E-state index >= 15 is 0 Å². The molecule has 0 radical (unpaired) electrons. The molecule has 0 spiro atoms. The molecule has 0 unspecified atom stereocenters. The van der Waals surface area contributed by atoms with Crippen LogP contribution in [-0.2, 0) is 0 Å². The van der Waals surface area contributed by atoms with Crippen molar-refractivity contribution in [2.24, 2.45) is 0 Å². The molecule has 0 aliphatic rings. The largest absolute Gasteiger partial charge is 0.507 e. The molecule has 1 N–H and O–H groups in total. The summed E-state index contributed by atoms with van der Waals surface area (Å²) in [4.78, 5) is 15.3. The Kier molecular flexibility index (Phi) is 7.60. The minimum atomic E-state index is 0.156. The fraction of sp³-hybridized carbons (Fsp3) is 0. The van der Waals surface area contributed by atoms with Gasteiger partial charge in [0.15, 0.2) is 17.5 Å². The van der Waals surface area contributed by atoms with Crippen molar-refractivity contribution in [3.05, 3.63) is 182 Å². The number of phenols is 1. The average Bonchev–Trinajstić information content (AvgIpc) is 3.20. The molecule has 1 heterocycles. The smallest absolute Gasteiger partial charge is 0.164 e. The first-order valence-electron chi connectivity index (χ1n) is 17.0. The highest BCUT2D eigenvalue weighted by Crippen LogP contribution is 2.41. The Balaban J connectivity index is 1.25. The summed E-state index contributed by atoms with van der Waals surface area (Å²) < 4.78 is 0. The molecule has 9 rings (SSSR count). The number of hydrogen-bond donors (Lipinski definition) is 1. The second-order valence-electron chi connectivity index (χ2n) is 12.6. The van der Waals surface area contributed by atoms with Crippen LogP contribution in [0.2, 0.25) is 0 Å². The van der Waals surface area contributed by atoms with Gasteiger partial charge in [-0.2, -0.15) is 0 Å². The van der Waals surface area contributed by atoms with E-state index in [2.05, 4.69) is 115 Å². The van der Waals surface area contributed by atoms with E-state index < -0.39 is 0 Å². The lowest BCUT2D eigenvalue weighted by Gasteiger charge is -2.15. The van der Waals surface area contributed by atoms with Gasteiger partial charge < -0.3 is 5.11 Å². The summed E-state index contributed by atoms with van der Waals surface area (Å²) in [5.41, 5.74) is 8.53. The van der Waals surface area contributed by atoms with Crippen molar-refractivity contribution in [2.45, 2.75) is 0 Å². The maximum Gasteiger partial charge on any atom is 0.164 e. The molecular formula is C47H31N3O. The van der Waals surface area contributed by atoms with E-state index in [1.807, 2.05) is 60.7 Å². The van der Waals surface area contributed by atoms with Crippen molar-refractivity contribution in [3.63, 3.8) is 0 Å². The van der Waals surface area contributed by atoms with Gasteiger partial charge in [0, 0.05) is 22.3 Å². The standard InChI is InChI=1S/C47H31N3O/c51-43-27-13-26-42(44(43)35-21-11-20-34(30-35)37-25-12-19-32-16-7-8-22-36(32)37)47-49-45(33-17-5-2-6-18-33)48-46(50-47)41-29-28-38(31-14-3-1-4-15-31)39-23-9-10-24-40(39)41/h1-30,51H. The van der Waals surface area contributed by atoms with E-state index in [4.69, 9.17) is 15.0 Å². The molecule has 0 aliphatic heterocycles. The van der Waals surface area contributed by atoms with Gasteiger partial charge in [-0.3, -0.25) is 0 Å². The number of aromatic hydroxyl groups is 1. The lowest BCUT2D eigenvalue weighted by molar-refractivity contribution is 0.477. The minimum Gasteiger partial charge on any atom is -0.507 e. The number of fused-ring (bicyclic) bond motifs is 2. The van der Waals surface area contributed by atoms with Gasteiger partial charge in [-0.1, -0.05) is 164 Å². The van der Waals surface area contributed by atoms with Crippen LogP contribution >= 0.6 is 0 Å². The van der Waals surface area contributed by atoms with E-state index in [-0.39, 0.29) is 5.75 Å². The molecule has 0 fully saturated rings. The zero-order chi connectivity index (χ0) is 34.1. The first-order valence-corrected chi connectivity index (χ1v) is 17.0. The Morgan fingerprint density at radius 3 is 1.59 bits per heavy atom. The van der Waals surface area contributed by atoms with Crippen molar-refractivity contribution in [2.75, 3.05) is 0 Å². The van der Waals surface area contributed by atoms with Crippen LogP contribution in [0.1, 0.15) is 0 Å². The van der Waals surface area contributed by atoms with Crippen molar-refractivity contribution >= 4 is 21.5 Å². The molecule has 0 saturated carbocycles. The molecule has 8 aromatic carbocycles. The lowest BCUT2D eigenvalue weighted by atomic mass is 9.92. The number of aromatic nitrogens is 3. The molecule has 9 aromatic rings. The van der Waals surface area contributed by atoms with Crippen LogP contribution < -0.4 is 0 Å². The van der Waals surface area contributed by atoms with Gasteiger partial charge in [-0.15, -0.1) is 0 Å². The van der Waals surface area contributed by atoms with Crippen LogP contribution in [-0.4, -0.2) is 20.1 Å².